The highest BCUT2D eigenvalue weighted by atomic mass is 35.5. The standard InChI is InChI=1S/C18H15Cl3N4/c19-9-12(10-20)24-25-17-11-22-18(13-5-1-3-7-15(13)21)14-6-2-4-8-16(14)23-17/h1-8H,9-11H2,(H,23,25). The maximum absolute atomic E-state index is 6.37. The van der Waals surface area contributed by atoms with Gasteiger partial charge >= 0.3 is 0 Å². The van der Waals surface area contributed by atoms with E-state index in [1.807, 2.05) is 48.5 Å². The first-order chi connectivity index (χ1) is 12.2. The minimum atomic E-state index is 0.258. The average molecular weight is 394 g/mol. The van der Waals surface area contributed by atoms with Gasteiger partial charge in [-0.3, -0.25) is 10.4 Å². The Morgan fingerprint density at radius 2 is 1.68 bits per heavy atom. The largest absolute Gasteiger partial charge is 0.276 e. The lowest BCUT2D eigenvalue weighted by Gasteiger charge is -2.09. The Balaban J connectivity index is 2.01. The summed E-state index contributed by atoms with van der Waals surface area (Å²) in [6.07, 6.45) is 0. The summed E-state index contributed by atoms with van der Waals surface area (Å²) in [6.45, 7) is 0.344. The number of hydrogen-bond acceptors (Lipinski definition) is 4. The second kappa shape index (κ2) is 8.48. The van der Waals surface area contributed by atoms with Crippen molar-refractivity contribution in [2.45, 2.75) is 0 Å². The van der Waals surface area contributed by atoms with Gasteiger partial charge in [-0.25, -0.2) is 4.99 Å². The Morgan fingerprint density at radius 3 is 2.40 bits per heavy atom. The maximum atomic E-state index is 6.37. The van der Waals surface area contributed by atoms with Gasteiger partial charge in [-0.1, -0.05) is 48.0 Å². The monoisotopic (exact) mass is 392 g/mol. The van der Waals surface area contributed by atoms with Gasteiger partial charge in [-0.2, -0.15) is 5.10 Å². The van der Waals surface area contributed by atoms with E-state index in [1.165, 1.54) is 0 Å². The summed E-state index contributed by atoms with van der Waals surface area (Å²) >= 11 is 17.9. The lowest BCUT2D eigenvalue weighted by Crippen LogP contribution is -2.23. The summed E-state index contributed by atoms with van der Waals surface area (Å²) in [5, 5.41) is 4.84. The molecule has 0 bridgehead atoms. The molecule has 0 fully saturated rings. The van der Waals surface area contributed by atoms with Crippen molar-refractivity contribution >= 4 is 57.7 Å². The molecule has 128 valence electrons. The molecule has 0 aromatic heterocycles. The molecule has 2 aromatic carbocycles. The van der Waals surface area contributed by atoms with Crippen molar-refractivity contribution in [2.75, 3.05) is 18.3 Å². The summed E-state index contributed by atoms with van der Waals surface area (Å²) in [5.41, 5.74) is 6.96. The molecule has 3 rings (SSSR count). The summed E-state index contributed by atoms with van der Waals surface area (Å²) in [6, 6.07) is 15.4. The van der Waals surface area contributed by atoms with Crippen molar-refractivity contribution in [3.8, 4) is 0 Å². The highest BCUT2D eigenvalue weighted by molar-refractivity contribution is 6.37. The lowest BCUT2D eigenvalue weighted by molar-refractivity contribution is 0.987. The Morgan fingerprint density at radius 1 is 1.00 bits per heavy atom. The second-order valence-electron chi connectivity index (χ2n) is 5.28. The van der Waals surface area contributed by atoms with Gasteiger partial charge in [0.2, 0.25) is 0 Å². The molecule has 4 nitrogen and oxygen atoms in total. The number of halogens is 3. The Hall–Kier alpha value is -1.88. The van der Waals surface area contributed by atoms with Crippen LogP contribution < -0.4 is 5.43 Å². The molecule has 1 aliphatic rings. The van der Waals surface area contributed by atoms with Gasteiger partial charge in [-0.15, -0.1) is 23.2 Å². The first kappa shape index (κ1) is 17.9. The van der Waals surface area contributed by atoms with Gasteiger partial charge < -0.3 is 0 Å². The van der Waals surface area contributed by atoms with Gasteiger partial charge in [0.05, 0.1) is 35.4 Å². The summed E-state index contributed by atoms with van der Waals surface area (Å²) in [4.78, 5) is 9.35. The number of nitrogens with zero attached hydrogens (tertiary/aromatic N) is 3. The molecule has 0 atom stereocenters. The number of para-hydroxylation sites is 1. The van der Waals surface area contributed by atoms with Crippen molar-refractivity contribution in [2.24, 2.45) is 15.1 Å². The topological polar surface area (TPSA) is 49.1 Å². The van der Waals surface area contributed by atoms with Crippen LogP contribution in [0.25, 0.3) is 0 Å². The fourth-order valence-corrected chi connectivity index (χ4v) is 3.00. The third-order valence-corrected chi connectivity index (χ3v) is 4.53. The number of fused-ring (bicyclic) bond motifs is 1. The zero-order valence-electron chi connectivity index (χ0n) is 13.2. The number of amidine groups is 1. The molecule has 0 spiro atoms. The van der Waals surface area contributed by atoms with Gasteiger partial charge in [-0.05, 0) is 12.1 Å². The lowest BCUT2D eigenvalue weighted by atomic mass is 10.0. The first-order valence-corrected chi connectivity index (χ1v) is 9.07. The van der Waals surface area contributed by atoms with Crippen LogP contribution in [0.2, 0.25) is 5.02 Å². The Bertz CT molecular complexity index is 853. The predicted octanol–water partition coefficient (Wildman–Crippen LogP) is 4.64. The third-order valence-electron chi connectivity index (χ3n) is 3.58. The first-order valence-electron chi connectivity index (χ1n) is 7.62. The SMILES string of the molecule is ClCC(CCl)=NNC1=Nc2ccccc2C(c2ccccc2Cl)=NC1. The number of benzene rings is 2. The second-order valence-corrected chi connectivity index (χ2v) is 6.22. The van der Waals surface area contributed by atoms with E-state index in [0.717, 1.165) is 22.5 Å². The molecule has 1 N–H and O–H groups in total. The third kappa shape index (κ3) is 4.21. The number of rotatable bonds is 4. The molecule has 0 amide bonds. The number of hydrazone groups is 1. The van der Waals surface area contributed by atoms with Gasteiger partial charge in [0.25, 0.3) is 0 Å². The summed E-state index contributed by atoms with van der Waals surface area (Å²) in [5.74, 6) is 1.13. The molecule has 25 heavy (non-hydrogen) atoms. The van der Waals surface area contributed by atoms with E-state index in [1.54, 1.807) is 0 Å². The molecule has 1 heterocycles. The van der Waals surface area contributed by atoms with E-state index in [9.17, 15) is 0 Å². The zero-order chi connectivity index (χ0) is 17.6. The van der Waals surface area contributed by atoms with Crippen LogP contribution in [0.1, 0.15) is 11.1 Å². The molecular weight excluding hydrogens is 379 g/mol. The van der Waals surface area contributed by atoms with Crippen LogP contribution >= 0.6 is 34.8 Å². The summed E-state index contributed by atoms with van der Waals surface area (Å²) in [7, 11) is 0. The van der Waals surface area contributed by atoms with Crippen LogP contribution in [0.5, 0.6) is 0 Å². The highest BCUT2D eigenvalue weighted by Gasteiger charge is 2.17. The van der Waals surface area contributed by atoms with Gasteiger partial charge in [0.1, 0.15) is 5.84 Å². The average Bonchev–Trinajstić information content (AvgIpc) is 2.82. The highest BCUT2D eigenvalue weighted by Crippen LogP contribution is 2.27. The Kier molecular flexibility index (Phi) is 6.08. The van der Waals surface area contributed by atoms with Crippen LogP contribution in [0.3, 0.4) is 0 Å². The predicted molar refractivity (Wildman–Crippen MR) is 108 cm³/mol. The van der Waals surface area contributed by atoms with E-state index >= 15 is 0 Å². The van der Waals surface area contributed by atoms with Crippen LogP contribution in [-0.4, -0.2) is 35.6 Å². The van der Waals surface area contributed by atoms with Crippen molar-refractivity contribution in [3.05, 3.63) is 64.7 Å². The molecule has 0 unspecified atom stereocenters. The number of alkyl halides is 2. The van der Waals surface area contributed by atoms with Gasteiger partial charge in [0.15, 0.2) is 0 Å². The zero-order valence-corrected chi connectivity index (χ0v) is 15.5. The summed E-state index contributed by atoms with van der Waals surface area (Å²) < 4.78 is 0. The van der Waals surface area contributed by atoms with Crippen LogP contribution in [-0.2, 0) is 0 Å². The molecule has 2 aromatic rings. The molecule has 1 aliphatic heterocycles. The smallest absolute Gasteiger partial charge is 0.144 e. The molecule has 0 radical (unpaired) electrons. The molecule has 0 saturated carbocycles. The number of aliphatic imine (C=N–C) groups is 2. The number of nitrogens with one attached hydrogen (secondary N) is 1. The van der Waals surface area contributed by atoms with Crippen LogP contribution in [0, 0.1) is 0 Å². The van der Waals surface area contributed by atoms with Crippen molar-refractivity contribution in [3.63, 3.8) is 0 Å². The van der Waals surface area contributed by atoms with E-state index in [0.29, 0.717) is 23.1 Å². The quantitative estimate of drug-likeness (QED) is 0.459. The van der Waals surface area contributed by atoms with Crippen molar-refractivity contribution in [1.29, 1.82) is 0 Å². The normalized spacial score (nSPS) is 13.2. The fourth-order valence-electron chi connectivity index (χ4n) is 2.37. The van der Waals surface area contributed by atoms with Crippen molar-refractivity contribution in [1.82, 2.24) is 5.43 Å². The van der Waals surface area contributed by atoms with E-state index < -0.39 is 0 Å². The van der Waals surface area contributed by atoms with E-state index in [4.69, 9.17) is 39.8 Å². The molecule has 7 heteroatoms. The molecular formula is C18H15Cl3N4. The maximum Gasteiger partial charge on any atom is 0.144 e. The molecule has 0 aliphatic carbocycles. The van der Waals surface area contributed by atoms with E-state index in [2.05, 4.69) is 15.5 Å². The minimum absolute atomic E-state index is 0.258. The minimum Gasteiger partial charge on any atom is -0.276 e. The Labute approximate surface area is 161 Å². The van der Waals surface area contributed by atoms with Gasteiger partial charge in [0, 0.05) is 16.1 Å². The molecule has 0 saturated heterocycles. The van der Waals surface area contributed by atoms with Crippen LogP contribution in [0.4, 0.5) is 5.69 Å². The van der Waals surface area contributed by atoms with Crippen molar-refractivity contribution < 1.29 is 0 Å². The fraction of sp³-hybridized carbons (Fsp3) is 0.167. The van der Waals surface area contributed by atoms with E-state index in [-0.39, 0.29) is 11.8 Å². The number of hydrogen-bond donors (Lipinski definition) is 1. The van der Waals surface area contributed by atoms with Crippen LogP contribution in [0.15, 0.2) is 63.6 Å².